The molecule has 9 nitrogen and oxygen atoms in total. The molecule has 0 saturated heterocycles. The number of nitro groups is 1. The largest absolute Gasteiger partial charge is 0.479 e. The Morgan fingerprint density at radius 1 is 1.25 bits per heavy atom. The van der Waals surface area contributed by atoms with Gasteiger partial charge in [0.1, 0.15) is 0 Å². The van der Waals surface area contributed by atoms with Gasteiger partial charge in [0.2, 0.25) is 5.91 Å². The first-order valence-corrected chi connectivity index (χ1v) is 8.41. The number of nitrogens with one attached hydrogen (secondary N) is 1. The van der Waals surface area contributed by atoms with Crippen molar-refractivity contribution in [2.75, 3.05) is 6.61 Å². The molecule has 2 aromatic carbocycles. The minimum Gasteiger partial charge on any atom is -0.479 e. The predicted octanol–water partition coefficient (Wildman–Crippen LogP) is 3.06. The Labute approximate surface area is 168 Å². The number of amides is 1. The molecule has 0 unspecified atom stereocenters. The van der Waals surface area contributed by atoms with E-state index in [1.54, 1.807) is 6.07 Å². The Morgan fingerprint density at radius 2 is 1.89 bits per heavy atom. The molecule has 11 heteroatoms. The summed E-state index contributed by atoms with van der Waals surface area (Å²) in [6.45, 7) is -0.603. The minimum absolute atomic E-state index is 0.0170. The van der Waals surface area contributed by atoms with Crippen LogP contribution in [0, 0.1) is 10.1 Å². The second kappa shape index (κ2) is 9.67. The number of nitrogens with zero attached hydrogens (tertiary/aromatic N) is 2. The standard InChI is InChI=1S/C17H13Cl2N3O6/c18-12-5-10(6-13(19)17(12)28-9-16(24)25)8-20-21-15(23)7-11-3-1-2-4-14(11)22(26)27/h1-6,8H,7,9H2,(H,21,23)(H,24,25). The van der Waals surface area contributed by atoms with Gasteiger partial charge in [-0.25, -0.2) is 10.2 Å². The fourth-order valence-corrected chi connectivity index (χ4v) is 2.77. The van der Waals surface area contributed by atoms with E-state index >= 15 is 0 Å². The number of para-hydroxylation sites is 1. The van der Waals surface area contributed by atoms with Gasteiger partial charge in [-0.3, -0.25) is 14.9 Å². The van der Waals surface area contributed by atoms with E-state index in [-0.39, 0.29) is 33.5 Å². The van der Waals surface area contributed by atoms with Crippen LogP contribution < -0.4 is 10.2 Å². The molecule has 0 bridgehead atoms. The van der Waals surface area contributed by atoms with Crippen LogP contribution in [0.2, 0.25) is 10.0 Å². The van der Waals surface area contributed by atoms with Crippen LogP contribution >= 0.6 is 23.2 Å². The smallest absolute Gasteiger partial charge is 0.341 e. The second-order valence-electron chi connectivity index (χ2n) is 5.35. The minimum atomic E-state index is -1.18. The molecule has 0 aliphatic heterocycles. The third-order valence-electron chi connectivity index (χ3n) is 3.30. The Morgan fingerprint density at radius 3 is 2.50 bits per heavy atom. The maximum atomic E-state index is 11.9. The lowest BCUT2D eigenvalue weighted by Crippen LogP contribution is -2.20. The van der Waals surface area contributed by atoms with Crippen molar-refractivity contribution in [3.05, 3.63) is 67.7 Å². The van der Waals surface area contributed by atoms with Crippen molar-refractivity contribution in [1.82, 2.24) is 5.43 Å². The quantitative estimate of drug-likeness (QED) is 0.379. The Balaban J connectivity index is 2.02. The van der Waals surface area contributed by atoms with Crippen LogP contribution in [0.3, 0.4) is 0 Å². The van der Waals surface area contributed by atoms with Gasteiger partial charge in [0.05, 0.1) is 27.6 Å². The maximum absolute atomic E-state index is 11.9. The van der Waals surface area contributed by atoms with Crippen molar-refractivity contribution >= 4 is 47.0 Å². The lowest BCUT2D eigenvalue weighted by atomic mass is 10.1. The van der Waals surface area contributed by atoms with Crippen molar-refractivity contribution in [2.24, 2.45) is 5.10 Å². The van der Waals surface area contributed by atoms with Gasteiger partial charge in [0.25, 0.3) is 5.69 Å². The number of hydrogen-bond donors (Lipinski definition) is 2. The molecule has 1 amide bonds. The summed E-state index contributed by atoms with van der Waals surface area (Å²) in [6.07, 6.45) is 1.04. The lowest BCUT2D eigenvalue weighted by Gasteiger charge is -2.08. The first kappa shape index (κ1) is 21.1. The Bertz CT molecular complexity index is 925. The fraction of sp³-hybridized carbons (Fsp3) is 0.118. The summed E-state index contributed by atoms with van der Waals surface area (Å²) in [5.41, 5.74) is 2.77. The van der Waals surface area contributed by atoms with Crippen LogP contribution in [0.5, 0.6) is 5.75 Å². The van der Waals surface area contributed by atoms with Crippen LogP contribution in [0.15, 0.2) is 41.5 Å². The van der Waals surface area contributed by atoms with Crippen LogP contribution in [0.4, 0.5) is 5.69 Å². The molecule has 0 fully saturated rings. The zero-order chi connectivity index (χ0) is 20.7. The number of hydrogen-bond acceptors (Lipinski definition) is 6. The summed E-state index contributed by atoms with van der Waals surface area (Å²) in [5.74, 6) is -1.72. The van der Waals surface area contributed by atoms with E-state index in [9.17, 15) is 19.7 Å². The topological polar surface area (TPSA) is 131 Å². The van der Waals surface area contributed by atoms with Gasteiger partial charge in [-0.05, 0) is 17.7 Å². The van der Waals surface area contributed by atoms with Crippen molar-refractivity contribution in [3.63, 3.8) is 0 Å². The number of carboxylic acid groups (broad SMARTS) is 1. The van der Waals surface area contributed by atoms with Crippen molar-refractivity contribution < 1.29 is 24.4 Å². The first-order chi connectivity index (χ1) is 13.3. The molecule has 146 valence electrons. The third kappa shape index (κ3) is 5.93. The van der Waals surface area contributed by atoms with Crippen LogP contribution in [-0.4, -0.2) is 34.7 Å². The van der Waals surface area contributed by atoms with E-state index in [1.807, 2.05) is 0 Å². The highest BCUT2D eigenvalue weighted by molar-refractivity contribution is 6.37. The molecule has 0 saturated carbocycles. The van der Waals surface area contributed by atoms with Gasteiger partial charge >= 0.3 is 5.97 Å². The van der Waals surface area contributed by atoms with Crippen molar-refractivity contribution in [2.45, 2.75) is 6.42 Å². The molecular formula is C17H13Cl2N3O6. The molecule has 0 aliphatic rings. The van der Waals surface area contributed by atoms with Gasteiger partial charge in [-0.2, -0.15) is 5.10 Å². The number of nitro benzene ring substituents is 1. The zero-order valence-electron chi connectivity index (χ0n) is 14.1. The van der Waals surface area contributed by atoms with E-state index in [4.69, 9.17) is 33.0 Å². The Kier molecular flexibility index (Phi) is 7.30. The molecule has 28 heavy (non-hydrogen) atoms. The van der Waals surface area contributed by atoms with Gasteiger partial charge in [0, 0.05) is 11.6 Å². The number of rotatable bonds is 8. The monoisotopic (exact) mass is 425 g/mol. The highest BCUT2D eigenvalue weighted by atomic mass is 35.5. The fourth-order valence-electron chi connectivity index (χ4n) is 2.16. The normalized spacial score (nSPS) is 10.6. The van der Waals surface area contributed by atoms with Crippen LogP contribution in [-0.2, 0) is 16.0 Å². The predicted molar refractivity (Wildman–Crippen MR) is 102 cm³/mol. The van der Waals surface area contributed by atoms with Gasteiger partial charge in [0.15, 0.2) is 12.4 Å². The summed E-state index contributed by atoms with van der Waals surface area (Å²) >= 11 is 12.0. The number of benzene rings is 2. The summed E-state index contributed by atoms with van der Waals surface area (Å²) in [7, 11) is 0. The molecule has 2 N–H and O–H groups in total. The van der Waals surface area contributed by atoms with Crippen molar-refractivity contribution in [1.29, 1.82) is 0 Å². The van der Waals surface area contributed by atoms with E-state index in [0.29, 0.717) is 5.56 Å². The zero-order valence-corrected chi connectivity index (χ0v) is 15.6. The number of aliphatic carboxylic acids is 1. The average molecular weight is 426 g/mol. The van der Waals surface area contributed by atoms with Gasteiger partial charge in [-0.15, -0.1) is 0 Å². The van der Waals surface area contributed by atoms with Gasteiger partial charge < -0.3 is 9.84 Å². The van der Waals surface area contributed by atoms with E-state index in [1.165, 1.54) is 36.5 Å². The summed E-state index contributed by atoms with van der Waals surface area (Å²) in [5, 5.41) is 23.5. The second-order valence-corrected chi connectivity index (χ2v) is 6.17. The highest BCUT2D eigenvalue weighted by Crippen LogP contribution is 2.33. The average Bonchev–Trinajstić information content (AvgIpc) is 2.61. The molecule has 0 aromatic heterocycles. The van der Waals surface area contributed by atoms with E-state index < -0.39 is 23.4 Å². The molecule has 0 atom stereocenters. The first-order valence-electron chi connectivity index (χ1n) is 7.65. The third-order valence-corrected chi connectivity index (χ3v) is 3.86. The molecule has 2 rings (SSSR count). The SMILES string of the molecule is O=C(O)COc1c(Cl)cc(C=NNC(=O)Cc2ccccc2[N+](=O)[O-])cc1Cl. The number of ether oxygens (including phenoxy) is 1. The summed E-state index contributed by atoms with van der Waals surface area (Å²) in [4.78, 5) is 32.9. The summed E-state index contributed by atoms with van der Waals surface area (Å²) < 4.78 is 4.99. The van der Waals surface area contributed by atoms with E-state index in [0.717, 1.165) is 0 Å². The molecule has 0 aliphatic carbocycles. The van der Waals surface area contributed by atoms with Gasteiger partial charge in [-0.1, -0.05) is 41.4 Å². The highest BCUT2D eigenvalue weighted by Gasteiger charge is 2.15. The number of carbonyl (C=O) groups is 2. The summed E-state index contributed by atoms with van der Waals surface area (Å²) in [6, 6.07) is 8.73. The maximum Gasteiger partial charge on any atom is 0.341 e. The van der Waals surface area contributed by atoms with Crippen LogP contribution in [0.25, 0.3) is 0 Å². The van der Waals surface area contributed by atoms with E-state index in [2.05, 4.69) is 10.5 Å². The number of carbonyl (C=O) groups excluding carboxylic acids is 1. The Hall–Kier alpha value is -3.17. The molecule has 0 spiro atoms. The molecule has 0 radical (unpaired) electrons. The van der Waals surface area contributed by atoms with Crippen LogP contribution in [0.1, 0.15) is 11.1 Å². The lowest BCUT2D eigenvalue weighted by molar-refractivity contribution is -0.385. The number of hydrazone groups is 1. The molecule has 2 aromatic rings. The molecule has 0 heterocycles. The van der Waals surface area contributed by atoms with Crippen molar-refractivity contribution in [3.8, 4) is 5.75 Å². The molecular weight excluding hydrogens is 413 g/mol. The number of halogens is 2. The number of carboxylic acids is 1.